The summed E-state index contributed by atoms with van der Waals surface area (Å²) in [4.78, 5) is 6.37. The van der Waals surface area contributed by atoms with E-state index in [0.29, 0.717) is 5.96 Å². The van der Waals surface area contributed by atoms with E-state index >= 15 is 0 Å². The third-order valence-corrected chi connectivity index (χ3v) is 3.61. The van der Waals surface area contributed by atoms with Crippen LogP contribution < -0.4 is 10.6 Å². The Morgan fingerprint density at radius 2 is 2.00 bits per heavy atom. The van der Waals surface area contributed by atoms with Gasteiger partial charge in [-0.2, -0.15) is 13.2 Å². The summed E-state index contributed by atoms with van der Waals surface area (Å²) in [7, 11) is 1.56. The minimum Gasteiger partial charge on any atom is -0.356 e. The number of nitrogens with one attached hydrogen (secondary N) is 2. The van der Waals surface area contributed by atoms with Crippen LogP contribution in [0.3, 0.4) is 0 Å². The van der Waals surface area contributed by atoms with Crippen molar-refractivity contribution >= 4 is 5.96 Å². The van der Waals surface area contributed by atoms with E-state index in [0.717, 1.165) is 38.5 Å². The number of nitrogens with zero attached hydrogens (tertiary/aromatic N) is 2. The Labute approximate surface area is 125 Å². The molecule has 2 N–H and O–H groups in total. The van der Waals surface area contributed by atoms with Crippen molar-refractivity contribution in [2.24, 2.45) is 10.9 Å². The SMILES string of the molecule is CN=C(NCCCN1CCCC(C)C1)NCCC(F)(F)F. The van der Waals surface area contributed by atoms with Gasteiger partial charge in [0.25, 0.3) is 0 Å². The Hall–Kier alpha value is -0.980. The lowest BCUT2D eigenvalue weighted by molar-refractivity contribution is -0.132. The lowest BCUT2D eigenvalue weighted by atomic mass is 10.0. The third kappa shape index (κ3) is 8.80. The number of hydrogen-bond donors (Lipinski definition) is 2. The first-order valence-corrected chi connectivity index (χ1v) is 7.64. The van der Waals surface area contributed by atoms with E-state index in [2.05, 4.69) is 27.4 Å². The smallest absolute Gasteiger partial charge is 0.356 e. The van der Waals surface area contributed by atoms with E-state index in [4.69, 9.17) is 0 Å². The third-order valence-electron chi connectivity index (χ3n) is 3.61. The maximum Gasteiger partial charge on any atom is 0.390 e. The van der Waals surface area contributed by atoms with Gasteiger partial charge < -0.3 is 15.5 Å². The topological polar surface area (TPSA) is 39.7 Å². The number of likely N-dealkylation sites (tertiary alicyclic amines) is 1. The zero-order valence-electron chi connectivity index (χ0n) is 13.0. The summed E-state index contributed by atoms with van der Waals surface area (Å²) in [6, 6.07) is 0. The molecule has 0 aromatic rings. The van der Waals surface area contributed by atoms with Gasteiger partial charge in [-0.05, 0) is 38.3 Å². The number of piperidine rings is 1. The van der Waals surface area contributed by atoms with Crippen molar-refractivity contribution in [2.75, 3.05) is 39.8 Å². The Kier molecular flexibility index (Phi) is 7.85. The molecule has 0 aromatic carbocycles. The molecule has 21 heavy (non-hydrogen) atoms. The average molecular weight is 308 g/mol. The molecule has 1 fully saturated rings. The molecular formula is C14H27F3N4. The van der Waals surface area contributed by atoms with Gasteiger partial charge in [0.2, 0.25) is 0 Å². The van der Waals surface area contributed by atoms with E-state index in [9.17, 15) is 13.2 Å². The van der Waals surface area contributed by atoms with E-state index in [-0.39, 0.29) is 6.54 Å². The van der Waals surface area contributed by atoms with Gasteiger partial charge in [0.15, 0.2) is 5.96 Å². The second-order valence-electron chi connectivity index (χ2n) is 5.69. The summed E-state index contributed by atoms with van der Waals surface area (Å²) >= 11 is 0. The molecule has 0 amide bonds. The molecule has 4 nitrogen and oxygen atoms in total. The molecule has 1 saturated heterocycles. The molecule has 0 radical (unpaired) electrons. The first kappa shape index (κ1) is 18.1. The van der Waals surface area contributed by atoms with E-state index < -0.39 is 12.6 Å². The lowest BCUT2D eigenvalue weighted by Gasteiger charge is -2.30. The van der Waals surface area contributed by atoms with Gasteiger partial charge in [0.05, 0.1) is 6.42 Å². The Morgan fingerprint density at radius 1 is 1.29 bits per heavy atom. The standard InChI is InChI=1S/C14H27F3N4/c1-12-5-3-9-21(11-12)10-4-7-19-13(18-2)20-8-6-14(15,16)17/h12H,3-11H2,1-2H3,(H2,18,19,20). The second kappa shape index (κ2) is 9.12. The molecule has 1 atom stereocenters. The van der Waals surface area contributed by atoms with Crippen molar-refractivity contribution in [3.05, 3.63) is 0 Å². The maximum absolute atomic E-state index is 12.0. The summed E-state index contributed by atoms with van der Waals surface area (Å²) in [6.45, 7) is 6.18. The highest BCUT2D eigenvalue weighted by atomic mass is 19.4. The van der Waals surface area contributed by atoms with Gasteiger partial charge in [-0.25, -0.2) is 0 Å². The van der Waals surface area contributed by atoms with Crippen molar-refractivity contribution in [3.63, 3.8) is 0 Å². The highest BCUT2D eigenvalue weighted by Crippen LogP contribution is 2.18. The van der Waals surface area contributed by atoms with Crippen LogP contribution >= 0.6 is 0 Å². The molecule has 1 heterocycles. The molecule has 1 rings (SSSR count). The van der Waals surface area contributed by atoms with Crippen LogP contribution in [0.1, 0.15) is 32.6 Å². The molecule has 0 saturated carbocycles. The summed E-state index contributed by atoms with van der Waals surface area (Å²) in [5.74, 6) is 1.20. The van der Waals surface area contributed by atoms with Gasteiger partial charge in [0, 0.05) is 26.7 Å². The number of hydrogen-bond acceptors (Lipinski definition) is 2. The highest BCUT2D eigenvalue weighted by Gasteiger charge is 2.26. The van der Waals surface area contributed by atoms with Gasteiger partial charge in [-0.3, -0.25) is 4.99 Å². The van der Waals surface area contributed by atoms with Crippen LogP contribution in [-0.4, -0.2) is 56.8 Å². The zero-order chi connectivity index (χ0) is 15.7. The Balaban J connectivity index is 2.09. The molecule has 1 aliphatic rings. The fourth-order valence-corrected chi connectivity index (χ4v) is 2.54. The average Bonchev–Trinajstić information content (AvgIpc) is 2.40. The van der Waals surface area contributed by atoms with E-state index in [1.165, 1.54) is 12.8 Å². The quantitative estimate of drug-likeness (QED) is 0.449. The van der Waals surface area contributed by atoms with E-state index in [1.54, 1.807) is 7.05 Å². The molecular weight excluding hydrogens is 281 g/mol. The monoisotopic (exact) mass is 308 g/mol. The van der Waals surface area contributed by atoms with Crippen molar-refractivity contribution < 1.29 is 13.2 Å². The number of aliphatic imine (C=N–C) groups is 1. The van der Waals surface area contributed by atoms with Crippen molar-refractivity contribution in [1.82, 2.24) is 15.5 Å². The van der Waals surface area contributed by atoms with Crippen LogP contribution in [0.4, 0.5) is 13.2 Å². The minimum atomic E-state index is -4.13. The Morgan fingerprint density at radius 3 is 2.62 bits per heavy atom. The van der Waals surface area contributed by atoms with Crippen LogP contribution in [0.25, 0.3) is 0 Å². The fraction of sp³-hybridized carbons (Fsp3) is 0.929. The van der Waals surface area contributed by atoms with Gasteiger partial charge >= 0.3 is 6.18 Å². The molecule has 0 bridgehead atoms. The summed E-state index contributed by atoms with van der Waals surface area (Å²) in [6.07, 6.45) is -1.44. The molecule has 7 heteroatoms. The number of guanidine groups is 1. The maximum atomic E-state index is 12.0. The van der Waals surface area contributed by atoms with E-state index in [1.807, 2.05) is 0 Å². The van der Waals surface area contributed by atoms with Crippen molar-refractivity contribution in [3.8, 4) is 0 Å². The molecule has 1 aliphatic heterocycles. The molecule has 0 aromatic heterocycles. The van der Waals surface area contributed by atoms with Crippen LogP contribution in [-0.2, 0) is 0 Å². The lowest BCUT2D eigenvalue weighted by Crippen LogP contribution is -2.41. The summed E-state index contributed by atoms with van der Waals surface area (Å²) in [5.41, 5.74) is 0. The molecule has 0 spiro atoms. The van der Waals surface area contributed by atoms with Crippen LogP contribution in [0.5, 0.6) is 0 Å². The van der Waals surface area contributed by atoms with Crippen LogP contribution in [0.15, 0.2) is 4.99 Å². The first-order valence-electron chi connectivity index (χ1n) is 7.64. The fourth-order valence-electron chi connectivity index (χ4n) is 2.54. The predicted molar refractivity (Wildman–Crippen MR) is 79.5 cm³/mol. The predicted octanol–water partition coefficient (Wildman–Crippen LogP) is 2.23. The summed E-state index contributed by atoms with van der Waals surface area (Å²) < 4.78 is 36.1. The van der Waals surface area contributed by atoms with Gasteiger partial charge in [-0.15, -0.1) is 0 Å². The number of halogens is 3. The normalized spacial score (nSPS) is 21.4. The molecule has 1 unspecified atom stereocenters. The van der Waals surface area contributed by atoms with Crippen LogP contribution in [0, 0.1) is 5.92 Å². The largest absolute Gasteiger partial charge is 0.390 e. The highest BCUT2D eigenvalue weighted by molar-refractivity contribution is 5.79. The number of rotatable bonds is 6. The van der Waals surface area contributed by atoms with Gasteiger partial charge in [0.1, 0.15) is 0 Å². The van der Waals surface area contributed by atoms with Crippen molar-refractivity contribution in [2.45, 2.75) is 38.8 Å². The molecule has 124 valence electrons. The summed E-state index contributed by atoms with van der Waals surface area (Å²) in [5, 5.41) is 5.73. The first-order chi connectivity index (χ1) is 9.90. The minimum absolute atomic E-state index is 0.146. The number of alkyl halides is 3. The van der Waals surface area contributed by atoms with Gasteiger partial charge in [-0.1, -0.05) is 6.92 Å². The molecule has 0 aliphatic carbocycles. The van der Waals surface area contributed by atoms with Crippen LogP contribution in [0.2, 0.25) is 0 Å². The second-order valence-corrected chi connectivity index (χ2v) is 5.69. The Bertz CT molecular complexity index is 318. The van der Waals surface area contributed by atoms with Crippen molar-refractivity contribution in [1.29, 1.82) is 0 Å². The zero-order valence-corrected chi connectivity index (χ0v) is 13.0.